The minimum Gasteiger partial charge on any atom is -0.310 e. The molecule has 0 aliphatic carbocycles. The first-order chi connectivity index (χ1) is 10.6. The zero-order chi connectivity index (χ0) is 15.2. The quantitative estimate of drug-likeness (QED) is 0.888. The Morgan fingerprint density at radius 3 is 2.59 bits per heavy atom. The lowest BCUT2D eigenvalue weighted by Crippen LogP contribution is -2.48. The summed E-state index contributed by atoms with van der Waals surface area (Å²) < 4.78 is 29.4. The van der Waals surface area contributed by atoms with Crippen molar-refractivity contribution in [1.82, 2.24) is 13.9 Å². The first kappa shape index (κ1) is 14.6. The van der Waals surface area contributed by atoms with Crippen LogP contribution in [-0.4, -0.2) is 48.7 Å². The third-order valence-electron chi connectivity index (χ3n) is 5.23. The molecule has 2 fully saturated rings. The molecule has 0 spiro atoms. The molecule has 0 saturated carbocycles. The molecule has 2 unspecified atom stereocenters. The molecule has 0 radical (unpaired) electrons. The Balaban J connectivity index is 1.54. The van der Waals surface area contributed by atoms with Crippen molar-refractivity contribution in [3.63, 3.8) is 0 Å². The van der Waals surface area contributed by atoms with Gasteiger partial charge in [-0.1, -0.05) is 24.3 Å². The van der Waals surface area contributed by atoms with Crippen molar-refractivity contribution in [1.29, 1.82) is 0 Å². The number of benzene rings is 1. The van der Waals surface area contributed by atoms with Crippen LogP contribution in [-0.2, 0) is 23.2 Å². The van der Waals surface area contributed by atoms with Gasteiger partial charge >= 0.3 is 0 Å². The van der Waals surface area contributed by atoms with Crippen LogP contribution in [0.1, 0.15) is 30.4 Å². The number of nitrogens with one attached hydrogen (secondary N) is 1. The topological polar surface area (TPSA) is 52.7 Å². The molecule has 1 aromatic rings. The largest absolute Gasteiger partial charge is 0.310 e. The minimum atomic E-state index is -3.35. The molecule has 0 amide bonds. The molecule has 3 aliphatic heterocycles. The summed E-state index contributed by atoms with van der Waals surface area (Å²) in [6, 6.07) is 9.01. The third-order valence-corrected chi connectivity index (χ3v) is 7.18. The molecule has 1 N–H and O–H groups in total. The summed E-state index contributed by atoms with van der Waals surface area (Å²) in [6.07, 6.45) is 4.03. The van der Waals surface area contributed by atoms with Gasteiger partial charge in [0.1, 0.15) is 0 Å². The summed E-state index contributed by atoms with van der Waals surface area (Å²) in [5.41, 5.74) is 2.43. The van der Waals surface area contributed by atoms with Crippen LogP contribution < -0.4 is 5.32 Å². The molecule has 1 aromatic carbocycles. The van der Waals surface area contributed by atoms with Gasteiger partial charge in [0.2, 0.25) is 0 Å². The molecule has 3 aliphatic rings. The standard InChI is InChI=1S/C16H23N3O2S/c20-22(21,19-10-8-15-5-6-16(12-19)17-15)18-9-7-13-3-1-2-4-14(13)11-18/h1-4,15-17H,5-12H2. The van der Waals surface area contributed by atoms with E-state index in [0.29, 0.717) is 38.3 Å². The molecule has 2 bridgehead atoms. The van der Waals surface area contributed by atoms with Crippen molar-refractivity contribution >= 4 is 10.2 Å². The Bertz CT molecular complexity index is 661. The lowest BCUT2D eigenvalue weighted by Gasteiger charge is -2.33. The number of nitrogens with zero attached hydrogens (tertiary/aromatic N) is 2. The van der Waals surface area contributed by atoms with E-state index in [2.05, 4.69) is 11.4 Å². The molecule has 4 rings (SSSR count). The van der Waals surface area contributed by atoms with Gasteiger partial charge in [0, 0.05) is 38.3 Å². The zero-order valence-corrected chi connectivity index (χ0v) is 13.6. The fourth-order valence-corrected chi connectivity index (χ4v) is 5.61. The number of rotatable bonds is 2. The predicted molar refractivity (Wildman–Crippen MR) is 85.6 cm³/mol. The van der Waals surface area contributed by atoms with Gasteiger partial charge in [0.05, 0.1) is 0 Å². The van der Waals surface area contributed by atoms with Crippen LogP contribution >= 0.6 is 0 Å². The molecule has 5 nitrogen and oxygen atoms in total. The monoisotopic (exact) mass is 321 g/mol. The van der Waals surface area contributed by atoms with Gasteiger partial charge in [-0.15, -0.1) is 0 Å². The van der Waals surface area contributed by atoms with Gasteiger partial charge in [0.15, 0.2) is 0 Å². The molecule has 6 heteroatoms. The fraction of sp³-hybridized carbons (Fsp3) is 0.625. The highest BCUT2D eigenvalue weighted by Gasteiger charge is 2.37. The average molecular weight is 321 g/mol. The van der Waals surface area contributed by atoms with Gasteiger partial charge in [-0.3, -0.25) is 0 Å². The summed E-state index contributed by atoms with van der Waals surface area (Å²) in [6.45, 7) is 2.37. The molecule has 120 valence electrons. The highest BCUT2D eigenvalue weighted by Crippen LogP contribution is 2.26. The van der Waals surface area contributed by atoms with E-state index in [1.165, 1.54) is 12.0 Å². The van der Waals surface area contributed by atoms with Crippen LogP contribution in [0.25, 0.3) is 0 Å². The van der Waals surface area contributed by atoms with Crippen LogP contribution in [0.15, 0.2) is 24.3 Å². The van der Waals surface area contributed by atoms with Gasteiger partial charge in [-0.05, 0) is 36.8 Å². The van der Waals surface area contributed by atoms with Crippen molar-refractivity contribution in [3.05, 3.63) is 35.4 Å². The number of hydrogen-bond donors (Lipinski definition) is 1. The summed E-state index contributed by atoms with van der Waals surface area (Å²) in [4.78, 5) is 0. The SMILES string of the molecule is O=S(=O)(N1CCc2ccccc2C1)N1CCC2CCC(C1)N2. The van der Waals surface area contributed by atoms with Crippen LogP contribution in [0.5, 0.6) is 0 Å². The van der Waals surface area contributed by atoms with Gasteiger partial charge in [-0.2, -0.15) is 17.0 Å². The molecule has 2 saturated heterocycles. The van der Waals surface area contributed by atoms with Crippen LogP contribution in [0.4, 0.5) is 0 Å². The molecular formula is C16H23N3O2S. The second kappa shape index (κ2) is 5.60. The van der Waals surface area contributed by atoms with Crippen molar-refractivity contribution < 1.29 is 8.42 Å². The Hall–Kier alpha value is -0.950. The Kier molecular flexibility index (Phi) is 3.72. The van der Waals surface area contributed by atoms with Gasteiger partial charge in [-0.25, -0.2) is 0 Å². The maximum Gasteiger partial charge on any atom is 0.282 e. The molecule has 0 aromatic heterocycles. The molecule has 3 heterocycles. The van der Waals surface area contributed by atoms with E-state index >= 15 is 0 Å². The van der Waals surface area contributed by atoms with E-state index in [-0.39, 0.29) is 0 Å². The lowest BCUT2D eigenvalue weighted by molar-refractivity contribution is 0.314. The van der Waals surface area contributed by atoms with Gasteiger partial charge < -0.3 is 5.32 Å². The third kappa shape index (κ3) is 2.58. The summed E-state index contributed by atoms with van der Waals surface area (Å²) in [5, 5.41) is 3.55. The van der Waals surface area contributed by atoms with Crippen molar-refractivity contribution in [3.8, 4) is 0 Å². The smallest absolute Gasteiger partial charge is 0.282 e. The van der Waals surface area contributed by atoms with E-state index < -0.39 is 10.2 Å². The Morgan fingerprint density at radius 2 is 1.73 bits per heavy atom. The van der Waals surface area contributed by atoms with E-state index in [1.807, 2.05) is 18.2 Å². The van der Waals surface area contributed by atoms with E-state index in [9.17, 15) is 8.42 Å². The second-order valence-electron chi connectivity index (χ2n) is 6.64. The highest BCUT2D eigenvalue weighted by molar-refractivity contribution is 7.86. The zero-order valence-electron chi connectivity index (χ0n) is 12.7. The molecular weight excluding hydrogens is 298 g/mol. The maximum atomic E-state index is 13.0. The Morgan fingerprint density at radius 1 is 0.955 bits per heavy atom. The number of fused-ring (bicyclic) bond motifs is 3. The second-order valence-corrected chi connectivity index (χ2v) is 8.57. The predicted octanol–water partition coefficient (Wildman–Crippen LogP) is 1.12. The van der Waals surface area contributed by atoms with Crippen molar-refractivity contribution in [2.75, 3.05) is 19.6 Å². The molecule has 2 atom stereocenters. The van der Waals surface area contributed by atoms with Crippen molar-refractivity contribution in [2.45, 2.75) is 44.3 Å². The average Bonchev–Trinajstić information content (AvgIpc) is 2.85. The first-order valence-electron chi connectivity index (χ1n) is 8.21. The van der Waals surface area contributed by atoms with Crippen LogP contribution in [0.2, 0.25) is 0 Å². The minimum absolute atomic E-state index is 0.333. The van der Waals surface area contributed by atoms with Gasteiger partial charge in [0.25, 0.3) is 10.2 Å². The van der Waals surface area contributed by atoms with E-state index in [1.54, 1.807) is 8.61 Å². The maximum absolute atomic E-state index is 13.0. The summed E-state index contributed by atoms with van der Waals surface area (Å²) >= 11 is 0. The van der Waals surface area contributed by atoms with Crippen LogP contribution in [0, 0.1) is 0 Å². The highest BCUT2D eigenvalue weighted by atomic mass is 32.2. The summed E-state index contributed by atoms with van der Waals surface area (Å²) in [5.74, 6) is 0. The van der Waals surface area contributed by atoms with Crippen molar-refractivity contribution in [2.24, 2.45) is 0 Å². The first-order valence-corrected chi connectivity index (χ1v) is 9.61. The number of hydrogen-bond acceptors (Lipinski definition) is 3. The van der Waals surface area contributed by atoms with Crippen LogP contribution in [0.3, 0.4) is 0 Å². The van der Waals surface area contributed by atoms with E-state index in [0.717, 1.165) is 24.8 Å². The Labute approximate surface area is 132 Å². The van der Waals surface area contributed by atoms with E-state index in [4.69, 9.17) is 0 Å². The lowest BCUT2D eigenvalue weighted by atomic mass is 10.0. The molecule has 22 heavy (non-hydrogen) atoms. The summed E-state index contributed by atoms with van der Waals surface area (Å²) in [7, 11) is -3.35. The normalized spacial score (nSPS) is 30.0. The fourth-order valence-electron chi connectivity index (χ4n) is 3.95.